The van der Waals surface area contributed by atoms with Crippen LogP contribution in [0.4, 0.5) is 0 Å². The van der Waals surface area contributed by atoms with Gasteiger partial charge in [0, 0.05) is 41.2 Å². The van der Waals surface area contributed by atoms with E-state index in [4.69, 9.17) is 23.2 Å². The summed E-state index contributed by atoms with van der Waals surface area (Å²) < 4.78 is 0. The van der Waals surface area contributed by atoms with Crippen molar-refractivity contribution in [2.45, 2.75) is 0 Å². The quantitative estimate of drug-likeness (QED) is 0.899. The maximum atomic E-state index is 11.7. The number of amides is 1. The van der Waals surface area contributed by atoms with Crippen LogP contribution < -0.4 is 10.6 Å². The number of halogens is 3. The Kier molecular flexibility index (Phi) is 5.53. The minimum absolute atomic E-state index is 0. The largest absolute Gasteiger partial charge is 0.352 e. The number of rotatable bonds is 3. The highest BCUT2D eigenvalue weighted by molar-refractivity contribution is 6.35. The number of hydrogen-bond donors (Lipinski definition) is 2. The molecule has 0 aliphatic carbocycles. The normalized spacial score (nSPS) is 14.7. The van der Waals surface area contributed by atoms with Gasteiger partial charge in [-0.3, -0.25) is 4.79 Å². The lowest BCUT2D eigenvalue weighted by atomic mass is 10.0. The first-order valence-electron chi connectivity index (χ1n) is 5.10. The topological polar surface area (TPSA) is 41.1 Å². The molecule has 1 aliphatic rings. The van der Waals surface area contributed by atoms with Crippen molar-refractivity contribution in [1.82, 2.24) is 10.6 Å². The van der Waals surface area contributed by atoms with E-state index in [0.29, 0.717) is 28.1 Å². The monoisotopic (exact) mass is 294 g/mol. The summed E-state index contributed by atoms with van der Waals surface area (Å²) in [5.74, 6) is 0.412. The molecule has 0 unspecified atom stereocenters. The molecular formula is C11H13Cl3N2O. The van der Waals surface area contributed by atoms with E-state index >= 15 is 0 Å². The van der Waals surface area contributed by atoms with E-state index < -0.39 is 0 Å². The molecule has 0 aromatic heterocycles. The maximum Gasteiger partial charge on any atom is 0.251 e. The molecule has 0 atom stereocenters. The minimum atomic E-state index is -0.128. The summed E-state index contributed by atoms with van der Waals surface area (Å²) in [5.41, 5.74) is 0.504. The molecule has 94 valence electrons. The molecule has 2 rings (SSSR count). The first kappa shape index (κ1) is 14.6. The summed E-state index contributed by atoms with van der Waals surface area (Å²) in [6.45, 7) is 2.63. The second-order valence-corrected chi connectivity index (χ2v) is 4.77. The minimum Gasteiger partial charge on any atom is -0.352 e. The molecule has 1 amide bonds. The van der Waals surface area contributed by atoms with Gasteiger partial charge in [0.2, 0.25) is 0 Å². The first-order chi connectivity index (χ1) is 7.65. The summed E-state index contributed by atoms with van der Waals surface area (Å²) in [5, 5.41) is 6.96. The molecule has 17 heavy (non-hydrogen) atoms. The Morgan fingerprint density at radius 3 is 2.35 bits per heavy atom. The Morgan fingerprint density at radius 1 is 1.29 bits per heavy atom. The van der Waals surface area contributed by atoms with Gasteiger partial charge in [-0.25, -0.2) is 0 Å². The third-order valence-electron chi connectivity index (χ3n) is 2.54. The fourth-order valence-electron chi connectivity index (χ4n) is 1.52. The summed E-state index contributed by atoms with van der Waals surface area (Å²) in [6.07, 6.45) is 0. The average Bonchev–Trinajstić information content (AvgIpc) is 2.13. The van der Waals surface area contributed by atoms with Gasteiger partial charge in [-0.1, -0.05) is 23.2 Å². The van der Waals surface area contributed by atoms with E-state index in [1.165, 1.54) is 0 Å². The van der Waals surface area contributed by atoms with Gasteiger partial charge in [0.05, 0.1) is 0 Å². The molecule has 6 heteroatoms. The van der Waals surface area contributed by atoms with Crippen LogP contribution >= 0.6 is 35.6 Å². The van der Waals surface area contributed by atoms with E-state index in [0.717, 1.165) is 13.1 Å². The second-order valence-electron chi connectivity index (χ2n) is 3.89. The van der Waals surface area contributed by atoms with Gasteiger partial charge in [0.25, 0.3) is 5.91 Å². The van der Waals surface area contributed by atoms with Crippen molar-refractivity contribution in [3.63, 3.8) is 0 Å². The molecule has 0 spiro atoms. The molecule has 1 fully saturated rings. The molecule has 0 bridgehead atoms. The van der Waals surface area contributed by atoms with E-state index in [1.807, 2.05) is 0 Å². The molecule has 1 aromatic carbocycles. The van der Waals surface area contributed by atoms with Crippen LogP contribution in [0.25, 0.3) is 0 Å². The van der Waals surface area contributed by atoms with Gasteiger partial charge in [-0.2, -0.15) is 0 Å². The van der Waals surface area contributed by atoms with Crippen LogP contribution in [0.2, 0.25) is 10.0 Å². The standard InChI is InChI=1S/C11H12Cl2N2O.ClH/c12-9-1-8(2-10(13)3-9)11(16)15-6-7-4-14-5-7;/h1-3,7,14H,4-6H2,(H,15,16);1H. The van der Waals surface area contributed by atoms with Crippen molar-refractivity contribution in [2.75, 3.05) is 19.6 Å². The highest BCUT2D eigenvalue weighted by Gasteiger charge is 2.17. The van der Waals surface area contributed by atoms with Crippen LogP contribution in [-0.2, 0) is 0 Å². The van der Waals surface area contributed by atoms with Crippen LogP contribution in [0.15, 0.2) is 18.2 Å². The highest BCUT2D eigenvalue weighted by atomic mass is 35.5. The van der Waals surface area contributed by atoms with E-state index in [2.05, 4.69) is 10.6 Å². The molecule has 1 aliphatic heterocycles. The van der Waals surface area contributed by atoms with Crippen molar-refractivity contribution in [3.05, 3.63) is 33.8 Å². The van der Waals surface area contributed by atoms with Gasteiger partial charge in [-0.15, -0.1) is 12.4 Å². The fraction of sp³-hybridized carbons (Fsp3) is 0.364. The van der Waals surface area contributed by atoms with Crippen LogP contribution in [0, 0.1) is 5.92 Å². The van der Waals surface area contributed by atoms with E-state index in [-0.39, 0.29) is 18.3 Å². The fourth-order valence-corrected chi connectivity index (χ4v) is 2.04. The van der Waals surface area contributed by atoms with E-state index in [1.54, 1.807) is 18.2 Å². The van der Waals surface area contributed by atoms with Gasteiger partial charge in [-0.05, 0) is 18.2 Å². The molecule has 3 nitrogen and oxygen atoms in total. The zero-order chi connectivity index (χ0) is 11.5. The van der Waals surface area contributed by atoms with Gasteiger partial charge in [0.1, 0.15) is 0 Å². The smallest absolute Gasteiger partial charge is 0.251 e. The molecule has 0 saturated carbocycles. The number of benzene rings is 1. The Hall–Kier alpha value is -0.480. The molecule has 1 heterocycles. The van der Waals surface area contributed by atoms with Gasteiger partial charge < -0.3 is 10.6 Å². The third kappa shape index (κ3) is 4.03. The number of nitrogens with one attached hydrogen (secondary N) is 2. The summed E-state index contributed by atoms with van der Waals surface area (Å²) in [7, 11) is 0. The van der Waals surface area contributed by atoms with Crippen LogP contribution in [0.1, 0.15) is 10.4 Å². The zero-order valence-electron chi connectivity index (χ0n) is 9.00. The SMILES string of the molecule is Cl.O=C(NCC1CNC1)c1cc(Cl)cc(Cl)c1. The lowest BCUT2D eigenvalue weighted by Gasteiger charge is -2.27. The van der Waals surface area contributed by atoms with Crippen molar-refractivity contribution < 1.29 is 4.79 Å². The lowest BCUT2D eigenvalue weighted by molar-refractivity contribution is 0.0942. The summed E-state index contributed by atoms with van der Waals surface area (Å²) in [4.78, 5) is 11.7. The van der Waals surface area contributed by atoms with Crippen molar-refractivity contribution >= 4 is 41.5 Å². The van der Waals surface area contributed by atoms with Crippen LogP contribution in [0.3, 0.4) is 0 Å². The van der Waals surface area contributed by atoms with E-state index in [9.17, 15) is 4.79 Å². The summed E-state index contributed by atoms with van der Waals surface area (Å²) in [6, 6.07) is 4.83. The number of hydrogen-bond acceptors (Lipinski definition) is 2. The van der Waals surface area contributed by atoms with Crippen molar-refractivity contribution in [2.24, 2.45) is 5.92 Å². The van der Waals surface area contributed by atoms with Crippen LogP contribution in [-0.4, -0.2) is 25.5 Å². The predicted molar refractivity (Wildman–Crippen MR) is 72.4 cm³/mol. The van der Waals surface area contributed by atoms with Crippen LogP contribution in [0.5, 0.6) is 0 Å². The summed E-state index contributed by atoms with van der Waals surface area (Å²) >= 11 is 11.6. The molecule has 0 radical (unpaired) electrons. The van der Waals surface area contributed by atoms with Crippen molar-refractivity contribution in [1.29, 1.82) is 0 Å². The maximum absolute atomic E-state index is 11.7. The van der Waals surface area contributed by atoms with Gasteiger partial charge in [0.15, 0.2) is 0 Å². The first-order valence-corrected chi connectivity index (χ1v) is 5.86. The Bertz CT molecular complexity index is 387. The van der Waals surface area contributed by atoms with Crippen molar-refractivity contribution in [3.8, 4) is 0 Å². The third-order valence-corrected chi connectivity index (χ3v) is 2.98. The lowest BCUT2D eigenvalue weighted by Crippen LogP contribution is -2.48. The number of carbonyl (C=O) groups excluding carboxylic acids is 1. The Morgan fingerprint density at radius 2 is 1.88 bits per heavy atom. The zero-order valence-corrected chi connectivity index (χ0v) is 11.3. The Balaban J connectivity index is 0.00000144. The molecule has 2 N–H and O–H groups in total. The Labute approximate surface area is 116 Å². The molecular weight excluding hydrogens is 282 g/mol. The molecule has 1 aromatic rings. The molecule has 1 saturated heterocycles. The highest BCUT2D eigenvalue weighted by Crippen LogP contribution is 2.19. The second kappa shape index (κ2) is 6.45. The predicted octanol–water partition coefficient (Wildman–Crippen LogP) is 2.36. The average molecular weight is 296 g/mol. The number of carbonyl (C=O) groups is 1. The van der Waals surface area contributed by atoms with Gasteiger partial charge >= 0.3 is 0 Å².